The third-order valence-corrected chi connectivity index (χ3v) is 17.7. The predicted molar refractivity (Wildman–Crippen MR) is 608 cm³/mol. The van der Waals surface area contributed by atoms with Crippen molar-refractivity contribution in [1.82, 2.24) is 44.5 Å². The van der Waals surface area contributed by atoms with Gasteiger partial charge in [-0.05, 0) is 104 Å². The molecule has 2 radical (unpaired) electrons. The minimum absolute atomic E-state index is 0. The Labute approximate surface area is 857 Å². The number of piperazine rings is 1. The van der Waals surface area contributed by atoms with Crippen LogP contribution < -0.4 is 0 Å². The number of likely N-dealkylation sites (tertiary alicyclic amines) is 1. The molecule has 1 N–H and O–H groups in total. The summed E-state index contributed by atoms with van der Waals surface area (Å²) < 4.78 is 10.2. The Morgan fingerprint density at radius 3 is 0.877 bits per heavy atom. The molecule has 3 aromatic heterocycles. The molecule has 0 amide bonds. The quantitative estimate of drug-likeness (QED) is 0.131. The Balaban J connectivity index is -0.0000000452. The summed E-state index contributed by atoms with van der Waals surface area (Å²) in [5.74, 6) is 6.76. The Hall–Kier alpha value is -2.02. The van der Waals surface area contributed by atoms with Gasteiger partial charge in [0.1, 0.15) is 0 Å². The van der Waals surface area contributed by atoms with Gasteiger partial charge in [0.2, 0.25) is 0 Å². The van der Waals surface area contributed by atoms with Gasteiger partial charge in [-0.15, -0.1) is 24.4 Å². The zero-order valence-electron chi connectivity index (χ0n) is 98.7. The van der Waals surface area contributed by atoms with Gasteiger partial charge in [0.15, 0.2) is 0 Å². The van der Waals surface area contributed by atoms with E-state index in [1.807, 2.05) is 192 Å². The fourth-order valence-electron chi connectivity index (χ4n) is 9.71. The molecule has 7 heterocycles. The summed E-state index contributed by atoms with van der Waals surface area (Å²) in [6.07, 6.45) is 21.0. The molecule has 4 saturated heterocycles. The van der Waals surface area contributed by atoms with Gasteiger partial charge in [-0.25, -0.2) is 4.98 Å². The second kappa shape index (κ2) is 117. The summed E-state index contributed by atoms with van der Waals surface area (Å²) in [6.45, 7) is 140. The standard InChI is InChI=1S/C10H21NS.C10H21N.C10H22O.C9H19N2.C9H19NO.2C8H12N2.C7H11NS.C6H14O.C6H14.12C2H6.3CH4.2CH3.Re.Rf.Rh/c1-10(2,3)9-11-5-7-12(4)8-6-11;1-10(2,3)9-11-7-5-4-6-8-11;1-9(2,3)7-6-8-10(4,5)11;1-9(2,3)8-11-6-4-10-5-7-11;1-9(2,3)8-10-4-6-11-7-5-10;2*1-8(2,3)7-6-9-4-5-10-7;1-7(2,3)6-8-4-5-9-6;1-6(2,3)5-7-4;1-5-6(2,3)4;12*1-2;;;;;;;;/h4-9H2,1-3H3;4-9H2,1-3H3;11H,6-8H2,1-5H3;2*4-8H2,1-3H3;2*4-6H,1-3H3;4-5H,1-3H3;5H2,1-4H3;5H2,1-4H3;12*1-2H3;3*1H4;2*1H3;;;/q;;;-1;;;;;;;;;;;;;;;;;;;;;;2*-1;;;. The monoisotopic (exact) mass is 2410 g/mol. The molecule has 18 heteroatoms. The van der Waals surface area contributed by atoms with Crippen LogP contribution in [0.5, 0.6) is 0 Å². The number of hydrogen-bond donors (Lipinski definition) is 1. The van der Waals surface area contributed by atoms with Crippen molar-refractivity contribution >= 4 is 27.7 Å². The molecular formula is C112H255N10O3ReRfRhS2-3. The molecule has 0 bridgehead atoms. The Bertz CT molecular complexity index is 2220. The van der Waals surface area contributed by atoms with Crippen molar-refractivity contribution in [3.05, 3.63) is 85.3 Å². The van der Waals surface area contributed by atoms with Crippen molar-refractivity contribution in [3.8, 4) is 0 Å². The van der Waals surface area contributed by atoms with E-state index < -0.39 is 5.60 Å². The first-order valence-corrected chi connectivity index (χ1v) is 52.2. The Kier molecular flexibility index (Phi) is 169. The van der Waals surface area contributed by atoms with Crippen LogP contribution in [0.4, 0.5) is 0 Å². The summed E-state index contributed by atoms with van der Waals surface area (Å²) in [5.41, 5.74) is 5.15. The van der Waals surface area contributed by atoms with Crippen molar-refractivity contribution in [1.29, 1.82) is 0 Å². The van der Waals surface area contributed by atoms with Gasteiger partial charge in [-0.3, -0.25) is 24.8 Å². The number of methoxy groups -OCH3 is 1. The molecule has 4 aliphatic rings. The molecule has 804 valence electrons. The van der Waals surface area contributed by atoms with Crippen molar-refractivity contribution in [2.45, 2.75) is 484 Å². The predicted octanol–water partition coefficient (Wildman–Crippen LogP) is 35.9. The summed E-state index contributed by atoms with van der Waals surface area (Å²) in [4.78, 5) is 30.7. The van der Waals surface area contributed by atoms with E-state index in [1.165, 1.54) is 101 Å². The molecule has 3 aromatic rings. The van der Waals surface area contributed by atoms with Gasteiger partial charge < -0.3 is 49.5 Å². The van der Waals surface area contributed by atoms with Crippen LogP contribution in [0.2, 0.25) is 0 Å². The number of hydrogen-bond acceptors (Lipinski definition) is 13. The molecule has 4 aliphatic heterocycles. The Morgan fingerprint density at radius 2 is 0.685 bits per heavy atom. The number of ether oxygens (including phenoxy) is 2. The van der Waals surface area contributed by atoms with Gasteiger partial charge in [-0.2, -0.15) is 10.5 Å². The molecule has 130 heavy (non-hydrogen) atoms. The molecule has 0 aliphatic carbocycles. The van der Waals surface area contributed by atoms with Gasteiger partial charge >= 0.3 is 0 Å². The minimum atomic E-state index is -0.481. The van der Waals surface area contributed by atoms with E-state index in [2.05, 4.69) is 270 Å². The molecule has 0 atom stereocenters. The fraction of sp³-hybridized carbons (Fsp3) is 0.875. The second-order valence-electron chi connectivity index (χ2n) is 39.6. The van der Waals surface area contributed by atoms with E-state index in [-0.39, 0.29) is 93.3 Å². The topological polar surface area (TPSA) is 130 Å². The maximum Gasteiger partial charge on any atom is 0.0978 e. The maximum atomic E-state index is 9.41. The van der Waals surface area contributed by atoms with Crippen LogP contribution in [-0.2, 0) is 65.6 Å². The molecule has 0 unspecified atom stereocenters. The summed E-state index contributed by atoms with van der Waals surface area (Å²) >= 11 is 1.72. The first kappa shape index (κ1) is 187. The average Bonchev–Trinajstić information content (AvgIpc) is 1.84. The summed E-state index contributed by atoms with van der Waals surface area (Å²) in [7, 11) is 2.20. The summed E-state index contributed by atoms with van der Waals surface area (Å²) in [6, 6.07) is 0. The molecule has 0 spiro atoms. The molecule has 0 saturated carbocycles. The smallest absolute Gasteiger partial charge is 0.0978 e. The zero-order chi connectivity index (χ0) is 101. The van der Waals surface area contributed by atoms with Gasteiger partial charge in [0.05, 0.1) is 41.8 Å². The number of piperidine rings is 1. The molecule has 0 aromatic carbocycles. The van der Waals surface area contributed by atoms with Crippen molar-refractivity contribution in [2.75, 3.05) is 130 Å². The van der Waals surface area contributed by atoms with Crippen LogP contribution in [0.25, 0.3) is 5.32 Å². The van der Waals surface area contributed by atoms with E-state index in [1.54, 1.807) is 55.6 Å². The number of nitrogens with zero attached hydrogens (tertiary/aromatic N) is 10. The minimum Gasteiger partial charge on any atom is -0.660 e. The molecule has 7 rings (SSSR count). The van der Waals surface area contributed by atoms with Crippen molar-refractivity contribution in [2.24, 2.45) is 37.9 Å². The number of rotatable bonds is 8. The molecular weight excluding hydrogens is 2150 g/mol. The fourth-order valence-corrected chi connectivity index (χ4v) is 11.7. The van der Waals surface area contributed by atoms with E-state index in [4.69, 9.17) is 9.47 Å². The third-order valence-electron chi connectivity index (χ3n) is 15.0. The van der Waals surface area contributed by atoms with Crippen LogP contribution in [0.3, 0.4) is 0 Å². The molecule has 13 nitrogen and oxygen atoms in total. The maximum absolute atomic E-state index is 9.41. The van der Waals surface area contributed by atoms with Crippen LogP contribution >= 0.6 is 21.8 Å². The van der Waals surface area contributed by atoms with Gasteiger partial charge in [0, 0.05) is 176 Å². The molecule has 4 fully saturated rings. The van der Waals surface area contributed by atoms with Crippen molar-refractivity contribution < 1.29 is 54.5 Å². The van der Waals surface area contributed by atoms with Gasteiger partial charge in [0.25, 0.3) is 0 Å². The number of morpholine rings is 1. The number of aromatic nitrogens is 5. The average molecular weight is 2410 g/mol. The zero-order valence-corrected chi connectivity index (χ0v) is 111. The van der Waals surface area contributed by atoms with Crippen LogP contribution in [0.1, 0.15) is 478 Å². The van der Waals surface area contributed by atoms with E-state index in [0.29, 0.717) is 48.4 Å². The van der Waals surface area contributed by atoms with Gasteiger partial charge in [-0.1, -0.05) is 428 Å². The van der Waals surface area contributed by atoms with Crippen molar-refractivity contribution in [3.63, 3.8) is 0 Å². The van der Waals surface area contributed by atoms with Crippen LogP contribution in [-0.4, -0.2) is 191 Å². The van der Waals surface area contributed by atoms with E-state index in [0.717, 1.165) is 83.3 Å². The third kappa shape index (κ3) is 169. The SMILES string of the molecule is C.C.C.C=S1CCN(CC(C)(C)C)CC1.CC.CC.CC.CC.CC.CC.CC.CC.CC.CC.CC.CC.CC(C)(C)CCCC(C)(C)O.CC(C)(C)CN1CCCCC1.CC(C)(C)CN1CCOCC1.CC(C)(C)CN1CC[N-]CC1.CC(C)(C)c1cnccn1.CC(C)(C)c1cnccn1.CC(C)(C)c1nccs1.CCC(C)(C)C.COCC(C)(C)C.[CH3-].[CH3-].[Re].[Rf].[Rh]. The summed E-state index contributed by atoms with van der Waals surface area (Å²) in [5, 5.41) is 17.0. The first-order valence-electron chi connectivity index (χ1n) is 49.6. The second-order valence-corrected chi connectivity index (χ2v) is 42.6. The number of thiazole rings is 1. The van der Waals surface area contributed by atoms with E-state index >= 15 is 0 Å². The van der Waals surface area contributed by atoms with Crippen LogP contribution in [0, 0.1) is 52.8 Å². The number of aliphatic hydroxyl groups is 1. The van der Waals surface area contributed by atoms with Crippen LogP contribution in [0.15, 0.2) is 48.8 Å². The Morgan fingerprint density at radius 1 is 0.400 bits per heavy atom. The van der Waals surface area contributed by atoms with E-state index in [9.17, 15) is 5.11 Å². The normalized spacial score (nSPS) is 13.2. The largest absolute Gasteiger partial charge is 0.660 e. The first-order chi connectivity index (χ1) is 56.4.